The van der Waals surface area contributed by atoms with E-state index in [-0.39, 0.29) is 16.7 Å². The second-order valence-corrected chi connectivity index (χ2v) is 3.16. The smallest absolute Gasteiger partial charge is 0.195 e. The zero-order valence-corrected chi connectivity index (χ0v) is 7.93. The van der Waals surface area contributed by atoms with Gasteiger partial charge in [-0.2, -0.15) is 0 Å². The van der Waals surface area contributed by atoms with Crippen molar-refractivity contribution in [3.8, 4) is 11.3 Å². The monoisotopic (exact) mass is 225 g/mol. The van der Waals surface area contributed by atoms with Crippen LogP contribution in [0.3, 0.4) is 0 Å². The lowest BCUT2D eigenvalue weighted by Gasteiger charge is -2.04. The molecule has 2 aromatic rings. The van der Waals surface area contributed by atoms with Gasteiger partial charge < -0.3 is 4.98 Å². The van der Waals surface area contributed by atoms with Crippen molar-refractivity contribution in [2.75, 3.05) is 0 Å². The van der Waals surface area contributed by atoms with E-state index >= 15 is 0 Å². The van der Waals surface area contributed by atoms with E-state index in [2.05, 4.69) is 4.98 Å². The Morgan fingerprint density at radius 3 is 2.44 bits per heavy atom. The van der Waals surface area contributed by atoms with Gasteiger partial charge in [-0.15, -0.1) is 0 Å². The van der Waals surface area contributed by atoms with Crippen molar-refractivity contribution in [2.24, 2.45) is 0 Å². The zero-order chi connectivity index (χ0) is 11.7. The van der Waals surface area contributed by atoms with Crippen LogP contribution in [-0.4, -0.2) is 4.98 Å². The van der Waals surface area contributed by atoms with Gasteiger partial charge in [0.25, 0.3) is 0 Å². The molecule has 0 bridgehead atoms. The molecule has 82 valence electrons. The first kappa shape index (κ1) is 10.5. The predicted octanol–water partition coefficient (Wildman–Crippen LogP) is 2.46. The molecule has 2 rings (SSSR count). The number of aromatic nitrogens is 1. The lowest BCUT2D eigenvalue weighted by Crippen LogP contribution is -2.01. The largest absolute Gasteiger partial charge is 0.361 e. The third-order valence-electron chi connectivity index (χ3n) is 2.10. The SMILES string of the molecule is O=c1cc[nH]c(-c2ccc(F)c(F)c2F)c1. The van der Waals surface area contributed by atoms with Crippen molar-refractivity contribution in [1.82, 2.24) is 4.98 Å². The molecule has 0 atom stereocenters. The molecule has 0 spiro atoms. The molecule has 0 saturated heterocycles. The van der Waals surface area contributed by atoms with E-state index in [1.54, 1.807) is 0 Å². The molecule has 0 amide bonds. The van der Waals surface area contributed by atoms with Gasteiger partial charge in [0, 0.05) is 23.9 Å². The van der Waals surface area contributed by atoms with E-state index in [0.29, 0.717) is 0 Å². The maximum Gasteiger partial charge on any atom is 0.195 e. The van der Waals surface area contributed by atoms with Crippen molar-refractivity contribution in [2.45, 2.75) is 0 Å². The Labute approximate surface area is 88.4 Å². The number of hydrogen-bond donors (Lipinski definition) is 1. The first-order valence-electron chi connectivity index (χ1n) is 4.42. The molecule has 2 nitrogen and oxygen atoms in total. The summed E-state index contributed by atoms with van der Waals surface area (Å²) in [7, 11) is 0. The number of aromatic amines is 1. The average Bonchev–Trinajstić information content (AvgIpc) is 2.26. The highest BCUT2D eigenvalue weighted by Gasteiger charge is 2.14. The molecule has 0 fully saturated rings. The third-order valence-corrected chi connectivity index (χ3v) is 2.10. The molecule has 1 N–H and O–H groups in total. The standard InChI is InChI=1S/C11H6F3NO/c12-8-2-1-7(10(13)11(8)14)9-5-6(16)3-4-15-9/h1-5H,(H,15,16). The van der Waals surface area contributed by atoms with Crippen LogP contribution in [0.4, 0.5) is 13.2 Å². The zero-order valence-electron chi connectivity index (χ0n) is 7.93. The Morgan fingerprint density at radius 1 is 1.00 bits per heavy atom. The fourth-order valence-corrected chi connectivity index (χ4v) is 1.34. The van der Waals surface area contributed by atoms with Crippen LogP contribution in [0.5, 0.6) is 0 Å². The van der Waals surface area contributed by atoms with Crippen LogP contribution in [0.2, 0.25) is 0 Å². The maximum absolute atomic E-state index is 13.3. The minimum atomic E-state index is -1.55. The van der Waals surface area contributed by atoms with Gasteiger partial charge in [-0.3, -0.25) is 4.79 Å². The fraction of sp³-hybridized carbons (Fsp3) is 0. The second-order valence-electron chi connectivity index (χ2n) is 3.16. The summed E-state index contributed by atoms with van der Waals surface area (Å²) in [6.45, 7) is 0. The van der Waals surface area contributed by atoms with Gasteiger partial charge in [0.05, 0.1) is 5.69 Å². The topological polar surface area (TPSA) is 32.9 Å². The van der Waals surface area contributed by atoms with E-state index in [1.165, 1.54) is 12.3 Å². The quantitative estimate of drug-likeness (QED) is 0.743. The van der Waals surface area contributed by atoms with Gasteiger partial charge >= 0.3 is 0 Å². The number of hydrogen-bond acceptors (Lipinski definition) is 1. The minimum absolute atomic E-state index is 0.101. The predicted molar refractivity (Wildman–Crippen MR) is 52.4 cm³/mol. The number of nitrogens with one attached hydrogen (secondary N) is 1. The minimum Gasteiger partial charge on any atom is -0.361 e. The molecule has 1 aromatic heterocycles. The molecule has 0 aliphatic rings. The first-order chi connectivity index (χ1) is 7.59. The summed E-state index contributed by atoms with van der Waals surface area (Å²) in [6, 6.07) is 4.22. The molecule has 1 aromatic carbocycles. The Balaban J connectivity index is 2.66. The van der Waals surface area contributed by atoms with E-state index < -0.39 is 17.5 Å². The molecule has 1 heterocycles. The number of rotatable bonds is 1. The highest BCUT2D eigenvalue weighted by atomic mass is 19.2. The number of halogens is 3. The van der Waals surface area contributed by atoms with E-state index in [1.807, 2.05) is 0 Å². The molecule has 16 heavy (non-hydrogen) atoms. The lowest BCUT2D eigenvalue weighted by atomic mass is 10.1. The molecule has 0 aliphatic heterocycles. The molecule has 0 radical (unpaired) electrons. The van der Waals surface area contributed by atoms with Crippen molar-refractivity contribution < 1.29 is 13.2 Å². The van der Waals surface area contributed by atoms with E-state index in [0.717, 1.165) is 18.2 Å². The van der Waals surface area contributed by atoms with Crippen LogP contribution in [0.25, 0.3) is 11.3 Å². The average molecular weight is 225 g/mol. The third kappa shape index (κ3) is 1.71. The maximum atomic E-state index is 13.3. The highest BCUT2D eigenvalue weighted by molar-refractivity contribution is 5.59. The van der Waals surface area contributed by atoms with Crippen molar-refractivity contribution in [1.29, 1.82) is 0 Å². The molecule has 5 heteroatoms. The van der Waals surface area contributed by atoms with Gasteiger partial charge in [-0.1, -0.05) is 0 Å². The summed E-state index contributed by atoms with van der Waals surface area (Å²) in [6.07, 6.45) is 1.30. The van der Waals surface area contributed by atoms with Gasteiger partial charge in [-0.05, 0) is 12.1 Å². The van der Waals surface area contributed by atoms with Crippen LogP contribution >= 0.6 is 0 Å². The second kappa shape index (κ2) is 3.84. The van der Waals surface area contributed by atoms with Gasteiger partial charge in [0.15, 0.2) is 22.9 Å². The van der Waals surface area contributed by atoms with Crippen LogP contribution in [0.1, 0.15) is 0 Å². The summed E-state index contributed by atoms with van der Waals surface area (Å²) in [5.41, 5.74) is -0.432. The Morgan fingerprint density at radius 2 is 1.75 bits per heavy atom. The molecular weight excluding hydrogens is 219 g/mol. The van der Waals surface area contributed by atoms with Gasteiger partial charge in [0.1, 0.15) is 0 Å². The number of H-pyrrole nitrogens is 1. The van der Waals surface area contributed by atoms with Crippen molar-refractivity contribution in [3.63, 3.8) is 0 Å². The van der Waals surface area contributed by atoms with E-state index in [4.69, 9.17) is 0 Å². The Kier molecular flexibility index (Phi) is 2.52. The van der Waals surface area contributed by atoms with Gasteiger partial charge in [-0.25, -0.2) is 13.2 Å². The van der Waals surface area contributed by atoms with E-state index in [9.17, 15) is 18.0 Å². The summed E-state index contributed by atoms with van der Waals surface area (Å²) in [5.74, 6) is -4.14. The Bertz CT molecular complexity index is 592. The van der Waals surface area contributed by atoms with Gasteiger partial charge in [0.2, 0.25) is 0 Å². The normalized spacial score (nSPS) is 10.4. The summed E-state index contributed by atoms with van der Waals surface area (Å²) in [5, 5.41) is 0. The van der Waals surface area contributed by atoms with Crippen LogP contribution < -0.4 is 5.43 Å². The van der Waals surface area contributed by atoms with Crippen LogP contribution in [0, 0.1) is 17.5 Å². The molecule has 0 unspecified atom stereocenters. The lowest BCUT2D eigenvalue weighted by molar-refractivity contribution is 0.449. The molecular formula is C11H6F3NO. The summed E-state index contributed by atoms with van der Waals surface area (Å²) in [4.78, 5) is 13.6. The first-order valence-corrected chi connectivity index (χ1v) is 4.42. The van der Waals surface area contributed by atoms with Crippen LogP contribution in [-0.2, 0) is 0 Å². The number of pyridine rings is 1. The van der Waals surface area contributed by atoms with Crippen LogP contribution in [0.15, 0.2) is 35.3 Å². The Hall–Kier alpha value is -2.04. The van der Waals surface area contributed by atoms with Crippen molar-refractivity contribution in [3.05, 3.63) is 58.1 Å². The highest BCUT2D eigenvalue weighted by Crippen LogP contribution is 2.23. The number of benzene rings is 1. The molecule has 0 saturated carbocycles. The summed E-state index contributed by atoms with van der Waals surface area (Å²) < 4.78 is 38.9. The fourth-order valence-electron chi connectivity index (χ4n) is 1.34. The van der Waals surface area contributed by atoms with Crippen molar-refractivity contribution >= 4 is 0 Å². The summed E-state index contributed by atoms with van der Waals surface area (Å²) >= 11 is 0. The molecule has 0 aliphatic carbocycles.